The first-order valence-corrected chi connectivity index (χ1v) is 8.82. The average molecular weight is 356 g/mol. The number of hydrogen-bond donors (Lipinski definition) is 0. The minimum Gasteiger partial charge on any atom is -0.477 e. The summed E-state index contributed by atoms with van der Waals surface area (Å²) in [6.07, 6.45) is -0.573. The Morgan fingerprint density at radius 2 is 1.92 bits per heavy atom. The van der Waals surface area contributed by atoms with Gasteiger partial charge in [0.05, 0.1) is 25.4 Å². The van der Waals surface area contributed by atoms with Gasteiger partial charge in [0.25, 0.3) is 5.91 Å². The van der Waals surface area contributed by atoms with Crippen molar-refractivity contribution >= 4 is 11.6 Å². The molecule has 1 amide bonds. The maximum atomic E-state index is 13.5. The van der Waals surface area contributed by atoms with E-state index in [1.54, 1.807) is 11.0 Å². The fourth-order valence-corrected chi connectivity index (χ4v) is 3.43. The summed E-state index contributed by atoms with van der Waals surface area (Å²) in [6.45, 7) is 3.24. The van der Waals surface area contributed by atoms with Crippen LogP contribution in [0.5, 0.6) is 5.75 Å². The molecule has 1 unspecified atom stereocenters. The number of fused-ring (bicyclic) bond motifs is 1. The van der Waals surface area contributed by atoms with Crippen molar-refractivity contribution in [2.24, 2.45) is 0 Å². The van der Waals surface area contributed by atoms with Crippen LogP contribution in [0.3, 0.4) is 0 Å². The molecule has 2 aromatic rings. The van der Waals surface area contributed by atoms with Crippen LogP contribution in [0, 0.1) is 5.82 Å². The van der Waals surface area contributed by atoms with Crippen LogP contribution in [0.1, 0.15) is 5.56 Å². The molecule has 5 nitrogen and oxygen atoms in total. The highest BCUT2D eigenvalue weighted by Gasteiger charge is 2.34. The molecule has 0 aromatic heterocycles. The molecule has 0 saturated carbocycles. The minimum atomic E-state index is -0.573. The molecule has 2 aromatic carbocycles. The average Bonchev–Trinajstić information content (AvgIpc) is 2.68. The minimum absolute atomic E-state index is 0.0213. The van der Waals surface area contributed by atoms with Crippen LogP contribution in [0.4, 0.5) is 10.1 Å². The third-order valence-corrected chi connectivity index (χ3v) is 4.72. The topological polar surface area (TPSA) is 42.0 Å². The fourth-order valence-electron chi connectivity index (χ4n) is 3.43. The van der Waals surface area contributed by atoms with Crippen molar-refractivity contribution in [3.8, 4) is 5.75 Å². The van der Waals surface area contributed by atoms with Gasteiger partial charge in [-0.2, -0.15) is 0 Å². The first-order valence-electron chi connectivity index (χ1n) is 8.82. The second kappa shape index (κ2) is 7.33. The quantitative estimate of drug-likeness (QED) is 0.847. The summed E-state index contributed by atoms with van der Waals surface area (Å²) in [5, 5.41) is 0. The monoisotopic (exact) mass is 356 g/mol. The lowest BCUT2D eigenvalue weighted by atomic mass is 10.1. The molecule has 2 aliphatic rings. The third-order valence-electron chi connectivity index (χ3n) is 4.72. The first kappa shape index (κ1) is 16.8. The zero-order valence-corrected chi connectivity index (χ0v) is 14.4. The number of carbonyl (C=O) groups excluding carboxylic acids is 1. The maximum absolute atomic E-state index is 13.5. The van der Waals surface area contributed by atoms with E-state index in [0.29, 0.717) is 45.1 Å². The molecule has 6 heteroatoms. The van der Waals surface area contributed by atoms with Crippen LogP contribution in [0.15, 0.2) is 48.5 Å². The Balaban J connectivity index is 1.57. The molecule has 0 spiro atoms. The summed E-state index contributed by atoms with van der Waals surface area (Å²) in [5.74, 6) is 0.402. The van der Waals surface area contributed by atoms with E-state index in [4.69, 9.17) is 9.47 Å². The molecule has 1 saturated heterocycles. The van der Waals surface area contributed by atoms with Crippen molar-refractivity contribution in [1.29, 1.82) is 0 Å². The van der Waals surface area contributed by atoms with Crippen molar-refractivity contribution in [3.05, 3.63) is 59.9 Å². The molecular formula is C20H21FN2O3. The second-order valence-electron chi connectivity index (χ2n) is 6.52. The van der Waals surface area contributed by atoms with Crippen LogP contribution >= 0.6 is 0 Å². The van der Waals surface area contributed by atoms with Crippen LogP contribution in [0.25, 0.3) is 0 Å². The molecule has 4 rings (SSSR count). The van der Waals surface area contributed by atoms with Gasteiger partial charge in [0.1, 0.15) is 11.6 Å². The number of hydrogen-bond acceptors (Lipinski definition) is 4. The number of nitrogens with zero attached hydrogens (tertiary/aromatic N) is 2. The molecule has 1 atom stereocenters. The molecule has 2 aliphatic heterocycles. The fraction of sp³-hybridized carbons (Fsp3) is 0.350. The van der Waals surface area contributed by atoms with Gasteiger partial charge in [0.2, 0.25) is 0 Å². The largest absolute Gasteiger partial charge is 0.477 e. The van der Waals surface area contributed by atoms with Crippen molar-refractivity contribution < 1.29 is 18.7 Å². The molecule has 2 heterocycles. The lowest BCUT2D eigenvalue weighted by Crippen LogP contribution is -2.52. The van der Waals surface area contributed by atoms with Gasteiger partial charge in [-0.1, -0.05) is 24.3 Å². The number of anilines is 1. The maximum Gasteiger partial charge on any atom is 0.265 e. The Bertz CT molecular complexity index is 792. The molecular weight excluding hydrogens is 335 g/mol. The molecule has 1 fully saturated rings. The van der Waals surface area contributed by atoms with E-state index < -0.39 is 6.10 Å². The molecule has 0 aliphatic carbocycles. The van der Waals surface area contributed by atoms with E-state index in [1.165, 1.54) is 12.1 Å². The standard InChI is InChI=1S/C20H21FN2O3/c21-16-5-3-4-15(12-16)13-23-14-19(20(24)22-8-10-25-11-9-22)26-18-7-2-1-6-17(18)23/h1-7,12,19H,8-11,13-14H2. The number of amides is 1. The van der Waals surface area contributed by atoms with E-state index in [0.717, 1.165) is 11.3 Å². The van der Waals surface area contributed by atoms with Gasteiger partial charge in [0.15, 0.2) is 6.10 Å². The van der Waals surface area contributed by atoms with Crippen LogP contribution in [-0.2, 0) is 16.1 Å². The Morgan fingerprint density at radius 3 is 2.73 bits per heavy atom. The first-order chi connectivity index (χ1) is 12.7. The van der Waals surface area contributed by atoms with Gasteiger partial charge < -0.3 is 19.3 Å². The summed E-state index contributed by atoms with van der Waals surface area (Å²) in [5.41, 5.74) is 1.78. The zero-order chi connectivity index (χ0) is 17.9. The SMILES string of the molecule is O=C(C1CN(Cc2cccc(F)c2)c2ccccc2O1)N1CCOCC1. The summed E-state index contributed by atoms with van der Waals surface area (Å²) >= 11 is 0. The number of halogens is 1. The number of morpholine rings is 1. The molecule has 26 heavy (non-hydrogen) atoms. The van der Waals surface area contributed by atoms with E-state index >= 15 is 0 Å². The predicted molar refractivity (Wildman–Crippen MR) is 95.7 cm³/mol. The number of benzene rings is 2. The van der Waals surface area contributed by atoms with Crippen LogP contribution in [0.2, 0.25) is 0 Å². The Morgan fingerprint density at radius 1 is 1.12 bits per heavy atom. The lowest BCUT2D eigenvalue weighted by molar-refractivity contribution is -0.142. The van der Waals surface area contributed by atoms with Crippen molar-refractivity contribution in [2.75, 3.05) is 37.7 Å². The molecule has 0 radical (unpaired) electrons. The number of para-hydroxylation sites is 2. The summed E-state index contributed by atoms with van der Waals surface area (Å²) in [4.78, 5) is 16.7. The predicted octanol–water partition coefficient (Wildman–Crippen LogP) is 2.45. The lowest BCUT2D eigenvalue weighted by Gasteiger charge is -2.38. The number of ether oxygens (including phenoxy) is 2. The van der Waals surface area contributed by atoms with Gasteiger partial charge in [-0.05, 0) is 29.8 Å². The van der Waals surface area contributed by atoms with E-state index in [1.807, 2.05) is 30.3 Å². The van der Waals surface area contributed by atoms with Crippen molar-refractivity contribution in [3.63, 3.8) is 0 Å². The number of rotatable bonds is 3. The van der Waals surface area contributed by atoms with Crippen LogP contribution in [-0.4, -0.2) is 49.8 Å². The Hall–Kier alpha value is -2.60. The van der Waals surface area contributed by atoms with E-state index in [-0.39, 0.29) is 11.7 Å². The van der Waals surface area contributed by atoms with Gasteiger partial charge in [0, 0.05) is 19.6 Å². The molecule has 0 bridgehead atoms. The Kier molecular flexibility index (Phi) is 4.75. The van der Waals surface area contributed by atoms with Gasteiger partial charge in [-0.15, -0.1) is 0 Å². The third kappa shape index (κ3) is 3.51. The van der Waals surface area contributed by atoms with Crippen molar-refractivity contribution in [2.45, 2.75) is 12.6 Å². The van der Waals surface area contributed by atoms with E-state index in [9.17, 15) is 9.18 Å². The highest BCUT2D eigenvalue weighted by molar-refractivity contribution is 5.83. The normalized spacial score (nSPS) is 19.7. The zero-order valence-electron chi connectivity index (χ0n) is 14.4. The van der Waals surface area contributed by atoms with Gasteiger partial charge in [-0.3, -0.25) is 4.79 Å². The smallest absolute Gasteiger partial charge is 0.265 e. The summed E-state index contributed by atoms with van der Waals surface area (Å²) in [7, 11) is 0. The molecule has 0 N–H and O–H groups in total. The number of carbonyl (C=O) groups is 1. The highest BCUT2D eigenvalue weighted by Crippen LogP contribution is 2.34. The summed E-state index contributed by atoms with van der Waals surface area (Å²) in [6, 6.07) is 14.2. The van der Waals surface area contributed by atoms with Crippen LogP contribution < -0.4 is 9.64 Å². The van der Waals surface area contributed by atoms with Crippen molar-refractivity contribution in [1.82, 2.24) is 4.90 Å². The van der Waals surface area contributed by atoms with Gasteiger partial charge >= 0.3 is 0 Å². The Labute approximate surface area is 151 Å². The summed E-state index contributed by atoms with van der Waals surface area (Å²) < 4.78 is 24.9. The second-order valence-corrected chi connectivity index (χ2v) is 6.52. The molecule has 136 valence electrons. The highest BCUT2D eigenvalue weighted by atomic mass is 19.1. The van der Waals surface area contributed by atoms with Gasteiger partial charge in [-0.25, -0.2) is 4.39 Å². The van der Waals surface area contributed by atoms with E-state index in [2.05, 4.69) is 4.90 Å².